The number of amides is 1. The lowest BCUT2D eigenvalue weighted by Gasteiger charge is -2.02. The van der Waals surface area contributed by atoms with E-state index in [4.69, 9.17) is 4.55 Å². The standard InChI is InChI=1S/C22H35NO4S/c1-2-3-4-5-6-7-8-9-10-11-12-13-14-15-16-17-18-19-22(24)23-20-21-28(25,26)27/h3-4,6-7,9-10,12-13,15-16H,2,5,8,11,14,17-21H2,1H3,(H,23,24)(H,25,26,27)/b4-3-,7-6-,10-9-,13-12-,16-15-. The van der Waals surface area contributed by atoms with Gasteiger partial charge in [-0.25, -0.2) is 0 Å². The minimum absolute atomic E-state index is 0.0562. The van der Waals surface area contributed by atoms with Gasteiger partial charge in [-0.1, -0.05) is 67.7 Å². The highest BCUT2D eigenvalue weighted by atomic mass is 32.2. The normalized spacial score (nSPS) is 13.1. The van der Waals surface area contributed by atoms with Crippen molar-refractivity contribution in [3.8, 4) is 0 Å². The van der Waals surface area contributed by atoms with Crippen LogP contribution >= 0.6 is 0 Å². The second-order valence-electron chi connectivity index (χ2n) is 6.24. The number of unbranched alkanes of at least 4 members (excludes halogenated alkanes) is 1. The lowest BCUT2D eigenvalue weighted by molar-refractivity contribution is -0.121. The van der Waals surface area contributed by atoms with E-state index in [1.165, 1.54) is 0 Å². The van der Waals surface area contributed by atoms with Crippen molar-refractivity contribution >= 4 is 16.0 Å². The number of rotatable bonds is 16. The molecule has 0 unspecified atom stereocenters. The molecule has 0 aromatic rings. The molecule has 0 bridgehead atoms. The van der Waals surface area contributed by atoms with E-state index in [1.807, 2.05) is 6.08 Å². The van der Waals surface area contributed by atoms with Gasteiger partial charge >= 0.3 is 0 Å². The lowest BCUT2D eigenvalue weighted by Crippen LogP contribution is -2.28. The smallest absolute Gasteiger partial charge is 0.266 e. The van der Waals surface area contributed by atoms with Crippen molar-refractivity contribution in [2.24, 2.45) is 0 Å². The molecule has 158 valence electrons. The molecule has 0 radical (unpaired) electrons. The quantitative estimate of drug-likeness (QED) is 0.215. The number of carbonyl (C=O) groups excluding carboxylic acids is 1. The summed E-state index contributed by atoms with van der Waals surface area (Å²) < 4.78 is 29.6. The molecule has 0 aliphatic carbocycles. The summed E-state index contributed by atoms with van der Waals surface area (Å²) >= 11 is 0. The SMILES string of the molecule is CC/C=C\C/C=C\C/C=C\C/C=C\C/C=C\CCCC(=O)NCCS(=O)(=O)O. The first-order valence-corrected chi connectivity index (χ1v) is 11.5. The fourth-order valence-electron chi connectivity index (χ4n) is 2.16. The van der Waals surface area contributed by atoms with Crippen molar-refractivity contribution in [2.45, 2.75) is 58.3 Å². The van der Waals surface area contributed by atoms with Gasteiger partial charge in [0, 0.05) is 13.0 Å². The Labute approximate surface area is 170 Å². The highest BCUT2D eigenvalue weighted by Crippen LogP contribution is 1.99. The maximum atomic E-state index is 11.5. The van der Waals surface area contributed by atoms with Crippen LogP contribution in [-0.2, 0) is 14.9 Å². The first-order chi connectivity index (χ1) is 13.5. The Balaban J connectivity index is 3.57. The molecule has 0 aliphatic rings. The summed E-state index contributed by atoms with van der Waals surface area (Å²) in [5, 5.41) is 2.47. The van der Waals surface area contributed by atoms with E-state index in [2.05, 4.69) is 66.9 Å². The maximum Gasteiger partial charge on any atom is 0.266 e. The average Bonchev–Trinajstić information content (AvgIpc) is 2.63. The number of carbonyl (C=O) groups is 1. The third-order valence-electron chi connectivity index (χ3n) is 3.61. The third kappa shape index (κ3) is 22.1. The van der Waals surface area contributed by atoms with Crippen LogP contribution in [0.3, 0.4) is 0 Å². The summed E-state index contributed by atoms with van der Waals surface area (Å²) in [7, 11) is -4.01. The molecule has 2 N–H and O–H groups in total. The highest BCUT2D eigenvalue weighted by molar-refractivity contribution is 7.85. The molecule has 0 aromatic heterocycles. The predicted octanol–water partition coefficient (Wildman–Crippen LogP) is 4.91. The number of nitrogens with one attached hydrogen (secondary N) is 1. The number of hydrogen-bond acceptors (Lipinski definition) is 3. The molecule has 5 nitrogen and oxygen atoms in total. The van der Waals surface area contributed by atoms with Crippen LogP contribution in [0.4, 0.5) is 0 Å². The van der Waals surface area contributed by atoms with Gasteiger partial charge in [-0.3, -0.25) is 9.35 Å². The van der Waals surface area contributed by atoms with Crippen molar-refractivity contribution in [1.82, 2.24) is 5.32 Å². The Bertz CT molecular complexity index is 643. The van der Waals surface area contributed by atoms with E-state index in [9.17, 15) is 13.2 Å². The second-order valence-corrected chi connectivity index (χ2v) is 7.81. The Kier molecular flexibility index (Phi) is 17.2. The first-order valence-electron chi connectivity index (χ1n) is 9.92. The van der Waals surface area contributed by atoms with Gasteiger partial charge in [-0.2, -0.15) is 8.42 Å². The molecule has 6 heteroatoms. The lowest BCUT2D eigenvalue weighted by atomic mass is 10.2. The van der Waals surface area contributed by atoms with E-state index < -0.39 is 15.9 Å². The van der Waals surface area contributed by atoms with Gasteiger partial charge in [0.25, 0.3) is 10.1 Å². The summed E-state index contributed by atoms with van der Waals surface area (Å²) in [6, 6.07) is 0. The zero-order chi connectivity index (χ0) is 20.9. The second kappa shape index (κ2) is 18.4. The van der Waals surface area contributed by atoms with Crippen molar-refractivity contribution in [3.63, 3.8) is 0 Å². The molecular weight excluding hydrogens is 374 g/mol. The van der Waals surface area contributed by atoms with Crippen molar-refractivity contribution in [2.75, 3.05) is 12.3 Å². The Morgan fingerprint density at radius 1 is 0.821 bits per heavy atom. The molecule has 0 fully saturated rings. The third-order valence-corrected chi connectivity index (χ3v) is 4.33. The molecule has 0 aromatic carbocycles. The van der Waals surface area contributed by atoms with E-state index >= 15 is 0 Å². The maximum absolute atomic E-state index is 11.5. The van der Waals surface area contributed by atoms with Crippen molar-refractivity contribution < 1.29 is 17.8 Å². The summed E-state index contributed by atoms with van der Waals surface area (Å²) in [6.45, 7) is 2.08. The number of hydrogen-bond donors (Lipinski definition) is 2. The van der Waals surface area contributed by atoms with Crippen LogP contribution in [0.5, 0.6) is 0 Å². The predicted molar refractivity (Wildman–Crippen MR) is 118 cm³/mol. The van der Waals surface area contributed by atoms with Crippen LogP contribution in [0.25, 0.3) is 0 Å². The molecule has 0 saturated carbocycles. The fraction of sp³-hybridized carbons (Fsp3) is 0.500. The monoisotopic (exact) mass is 409 g/mol. The minimum atomic E-state index is -4.01. The Morgan fingerprint density at radius 3 is 1.75 bits per heavy atom. The van der Waals surface area contributed by atoms with Gasteiger partial charge in [0.05, 0.1) is 5.75 Å². The summed E-state index contributed by atoms with van der Waals surface area (Å²) in [5.74, 6) is -0.649. The zero-order valence-corrected chi connectivity index (χ0v) is 17.7. The van der Waals surface area contributed by atoms with Crippen molar-refractivity contribution in [1.29, 1.82) is 0 Å². The van der Waals surface area contributed by atoms with E-state index in [-0.39, 0.29) is 12.5 Å². The zero-order valence-electron chi connectivity index (χ0n) is 16.9. The van der Waals surface area contributed by atoms with Gasteiger partial charge in [-0.05, 0) is 44.9 Å². The van der Waals surface area contributed by atoms with Crippen molar-refractivity contribution in [3.05, 3.63) is 60.8 Å². The molecule has 0 aliphatic heterocycles. The van der Waals surface area contributed by atoms with Crippen LogP contribution in [0.1, 0.15) is 58.3 Å². The summed E-state index contributed by atoms with van der Waals surface area (Å²) in [6.07, 6.45) is 28.1. The molecule has 0 spiro atoms. The molecule has 0 saturated heterocycles. The molecule has 1 amide bonds. The largest absolute Gasteiger partial charge is 0.355 e. The van der Waals surface area contributed by atoms with Gasteiger partial charge in [0.15, 0.2) is 0 Å². The Hall–Kier alpha value is -1.92. The molecule has 0 rings (SSSR count). The van der Waals surface area contributed by atoms with Gasteiger partial charge in [0.2, 0.25) is 5.91 Å². The van der Waals surface area contributed by atoms with Crippen LogP contribution in [-0.4, -0.2) is 31.2 Å². The molecule has 28 heavy (non-hydrogen) atoms. The van der Waals surface area contributed by atoms with Crippen LogP contribution in [0, 0.1) is 0 Å². The topological polar surface area (TPSA) is 83.5 Å². The average molecular weight is 410 g/mol. The Morgan fingerprint density at radius 2 is 1.29 bits per heavy atom. The molecule has 0 heterocycles. The van der Waals surface area contributed by atoms with Gasteiger partial charge in [0.1, 0.15) is 0 Å². The summed E-state index contributed by atoms with van der Waals surface area (Å²) in [5.41, 5.74) is 0. The first kappa shape index (κ1) is 26.1. The van der Waals surface area contributed by atoms with Crippen LogP contribution < -0.4 is 5.32 Å². The van der Waals surface area contributed by atoms with E-state index in [0.29, 0.717) is 12.8 Å². The van der Waals surface area contributed by atoms with Crippen LogP contribution in [0.15, 0.2) is 60.8 Å². The highest BCUT2D eigenvalue weighted by Gasteiger charge is 2.05. The molecular formula is C22H35NO4S. The summed E-state index contributed by atoms with van der Waals surface area (Å²) in [4.78, 5) is 11.5. The molecule has 0 atom stereocenters. The van der Waals surface area contributed by atoms with E-state index in [1.54, 1.807) is 0 Å². The number of allylic oxidation sites excluding steroid dienone is 10. The minimum Gasteiger partial charge on any atom is -0.355 e. The van der Waals surface area contributed by atoms with Gasteiger partial charge < -0.3 is 5.32 Å². The fourth-order valence-corrected chi connectivity index (χ4v) is 2.52. The van der Waals surface area contributed by atoms with E-state index in [0.717, 1.165) is 38.5 Å². The van der Waals surface area contributed by atoms with Crippen LogP contribution in [0.2, 0.25) is 0 Å². The van der Waals surface area contributed by atoms with Gasteiger partial charge in [-0.15, -0.1) is 0 Å².